The predicted molar refractivity (Wildman–Crippen MR) is 238 cm³/mol. The van der Waals surface area contributed by atoms with Crippen LogP contribution in [0.2, 0.25) is 0 Å². The zero-order chi connectivity index (χ0) is 39.1. The van der Waals surface area contributed by atoms with Crippen LogP contribution in [0.3, 0.4) is 0 Å². The molecule has 0 radical (unpaired) electrons. The summed E-state index contributed by atoms with van der Waals surface area (Å²) in [6.45, 7) is 19.6. The molecule has 6 unspecified atom stereocenters. The third-order valence-corrected chi connectivity index (χ3v) is 18.3. The van der Waals surface area contributed by atoms with Crippen LogP contribution in [-0.4, -0.2) is 0 Å². The van der Waals surface area contributed by atoms with Crippen LogP contribution in [0.25, 0.3) is 22.3 Å². The summed E-state index contributed by atoms with van der Waals surface area (Å²) in [5.74, 6) is 3.65. The largest absolute Gasteiger partial charge is 0.310 e. The van der Waals surface area contributed by atoms with Crippen molar-refractivity contribution in [1.82, 2.24) is 0 Å². The van der Waals surface area contributed by atoms with Crippen molar-refractivity contribution in [3.05, 3.63) is 137 Å². The van der Waals surface area contributed by atoms with E-state index in [2.05, 4.69) is 163 Å². The van der Waals surface area contributed by atoms with E-state index in [1.807, 2.05) is 0 Å². The van der Waals surface area contributed by atoms with Crippen molar-refractivity contribution in [2.75, 3.05) is 4.90 Å². The molecule has 5 aromatic rings. The molecule has 0 N–H and O–H groups in total. The maximum Gasteiger partial charge on any atom is 0.0464 e. The minimum absolute atomic E-state index is 0.140. The summed E-state index contributed by atoms with van der Waals surface area (Å²) in [4.78, 5) is 2.56. The van der Waals surface area contributed by atoms with Crippen LogP contribution in [-0.2, 0) is 27.1 Å². The first-order chi connectivity index (χ1) is 27.1. The molecular weight excluding hydrogens is 687 g/mol. The lowest BCUT2D eigenvalue weighted by molar-refractivity contribution is -0.231. The number of rotatable bonds is 4. The fourth-order valence-electron chi connectivity index (χ4n) is 15.2. The molecule has 0 aliphatic heterocycles. The number of benzene rings is 5. The summed E-state index contributed by atoms with van der Waals surface area (Å²) in [6.07, 6.45) is 10.8. The molecule has 12 rings (SSSR count). The summed E-state index contributed by atoms with van der Waals surface area (Å²) >= 11 is 0. The molecule has 57 heavy (non-hydrogen) atoms. The van der Waals surface area contributed by atoms with Gasteiger partial charge in [0, 0.05) is 22.5 Å². The van der Waals surface area contributed by atoms with E-state index in [-0.39, 0.29) is 27.1 Å². The Balaban J connectivity index is 0.972. The van der Waals surface area contributed by atoms with E-state index in [1.54, 1.807) is 11.1 Å². The SMILES string of the molecule is CC1(C)CCC(C)(C)c2cc(N(c3ccc(-c4ccc5c(c4)C4(c6ccccc6-5)C5CC6CC7CC4C75C6)cc3)c3ccc4c(c3)C(C)(C)CCC4(C)C)ccc21. The summed E-state index contributed by atoms with van der Waals surface area (Å²) in [6, 6.07) is 41.5. The molecule has 4 saturated carbocycles. The summed E-state index contributed by atoms with van der Waals surface area (Å²) < 4.78 is 0. The highest BCUT2D eigenvalue weighted by atomic mass is 15.1. The van der Waals surface area contributed by atoms with Crippen LogP contribution in [0.15, 0.2) is 103 Å². The quantitative estimate of drug-likeness (QED) is 0.177. The Bertz CT molecular complexity index is 2450. The zero-order valence-corrected chi connectivity index (χ0v) is 35.7. The van der Waals surface area contributed by atoms with Gasteiger partial charge in [-0.2, -0.15) is 0 Å². The normalized spacial score (nSPS) is 31.6. The summed E-state index contributed by atoms with van der Waals surface area (Å²) in [7, 11) is 0. The van der Waals surface area contributed by atoms with Gasteiger partial charge in [0.05, 0.1) is 0 Å². The Kier molecular flexibility index (Phi) is 6.69. The molecule has 6 atom stereocenters. The van der Waals surface area contributed by atoms with Crippen molar-refractivity contribution in [2.45, 2.75) is 134 Å². The molecule has 1 nitrogen and oxygen atoms in total. The van der Waals surface area contributed by atoms with Gasteiger partial charge in [-0.1, -0.05) is 116 Å². The molecule has 0 amide bonds. The first-order valence-corrected chi connectivity index (χ1v) is 22.6. The number of hydrogen-bond donors (Lipinski definition) is 0. The van der Waals surface area contributed by atoms with Gasteiger partial charge >= 0.3 is 0 Å². The first kappa shape index (κ1) is 34.9. The van der Waals surface area contributed by atoms with Crippen molar-refractivity contribution in [3.63, 3.8) is 0 Å². The van der Waals surface area contributed by atoms with Crippen molar-refractivity contribution in [2.24, 2.45) is 29.1 Å². The number of hydrogen-bond acceptors (Lipinski definition) is 1. The summed E-state index contributed by atoms with van der Waals surface area (Å²) in [5, 5.41) is 0. The van der Waals surface area contributed by atoms with E-state index in [1.165, 1.54) is 113 Å². The van der Waals surface area contributed by atoms with E-state index in [0.29, 0.717) is 5.41 Å². The van der Waals surface area contributed by atoms with Crippen molar-refractivity contribution < 1.29 is 0 Å². The topological polar surface area (TPSA) is 3.24 Å². The average Bonchev–Trinajstić information content (AvgIpc) is 3.83. The molecule has 2 bridgehead atoms. The molecule has 290 valence electrons. The third-order valence-electron chi connectivity index (χ3n) is 18.3. The zero-order valence-electron chi connectivity index (χ0n) is 35.7. The fraction of sp³-hybridized carbons (Fsp3) is 0.464. The van der Waals surface area contributed by atoms with Gasteiger partial charge < -0.3 is 4.90 Å². The van der Waals surface area contributed by atoms with Crippen molar-refractivity contribution >= 4 is 17.1 Å². The Morgan fingerprint density at radius 1 is 0.439 bits per heavy atom. The van der Waals surface area contributed by atoms with Crippen LogP contribution in [0, 0.1) is 29.1 Å². The van der Waals surface area contributed by atoms with E-state index >= 15 is 0 Å². The van der Waals surface area contributed by atoms with Gasteiger partial charge in [-0.25, -0.2) is 0 Å². The molecule has 0 saturated heterocycles. The fourth-order valence-corrected chi connectivity index (χ4v) is 15.2. The van der Waals surface area contributed by atoms with E-state index in [0.717, 1.165) is 23.7 Å². The highest BCUT2D eigenvalue weighted by Crippen LogP contribution is 2.89. The van der Waals surface area contributed by atoms with Gasteiger partial charge in [0.2, 0.25) is 0 Å². The average molecular weight is 748 g/mol. The molecule has 7 aliphatic rings. The molecule has 0 heterocycles. The molecule has 0 aromatic heterocycles. The van der Waals surface area contributed by atoms with Gasteiger partial charge in [-0.3, -0.25) is 0 Å². The van der Waals surface area contributed by atoms with Crippen LogP contribution in [0.1, 0.15) is 140 Å². The second kappa shape index (κ2) is 10.9. The van der Waals surface area contributed by atoms with Gasteiger partial charge in [-0.15, -0.1) is 0 Å². The smallest absolute Gasteiger partial charge is 0.0464 e. The van der Waals surface area contributed by atoms with Crippen LogP contribution >= 0.6 is 0 Å². The highest BCUT2D eigenvalue weighted by molar-refractivity contribution is 5.87. The molecule has 7 aliphatic carbocycles. The number of fused-ring (bicyclic) bond motifs is 10. The number of anilines is 3. The first-order valence-electron chi connectivity index (χ1n) is 22.6. The monoisotopic (exact) mass is 747 g/mol. The molecule has 1 heteroatoms. The maximum absolute atomic E-state index is 2.65. The molecular formula is C56H61N. The van der Waals surface area contributed by atoms with Gasteiger partial charge in [0.15, 0.2) is 0 Å². The lowest BCUT2D eigenvalue weighted by atomic mass is 9.27. The van der Waals surface area contributed by atoms with Crippen LogP contribution < -0.4 is 4.90 Å². The van der Waals surface area contributed by atoms with Crippen molar-refractivity contribution in [1.29, 1.82) is 0 Å². The maximum atomic E-state index is 2.65. The minimum atomic E-state index is 0.140. The van der Waals surface area contributed by atoms with Gasteiger partial charge in [0.25, 0.3) is 0 Å². The Morgan fingerprint density at radius 3 is 1.58 bits per heavy atom. The number of nitrogens with zero attached hydrogens (tertiary/aromatic N) is 1. The Labute approximate surface area is 342 Å². The Morgan fingerprint density at radius 2 is 0.965 bits per heavy atom. The lowest BCUT2D eigenvalue weighted by Gasteiger charge is -2.76. The van der Waals surface area contributed by atoms with E-state index in [4.69, 9.17) is 0 Å². The standard InChI is InChI=1S/C56H61N/c1-51(2)23-25-53(5,6)47-31-39(18-21-44(47)51)57(40-19-22-45-48(32-40)54(7,8)26-24-52(45,3)4)38-16-13-35(14-17-38)36-15-20-42-41-11-9-10-12-43(41)56(46(42)29-36)49-28-34-27-37-30-50(56)55(37,49)33-34/h9-22,29,31-32,34,37,49-50H,23-28,30,33H2,1-8H3. The molecule has 4 fully saturated rings. The highest BCUT2D eigenvalue weighted by Gasteiger charge is 2.84. The molecule has 5 aromatic carbocycles. The summed E-state index contributed by atoms with van der Waals surface area (Å²) in [5.41, 5.74) is 20.4. The lowest BCUT2D eigenvalue weighted by Crippen LogP contribution is -2.73. The van der Waals surface area contributed by atoms with E-state index < -0.39 is 0 Å². The Hall–Kier alpha value is -4.10. The van der Waals surface area contributed by atoms with E-state index in [9.17, 15) is 0 Å². The minimum Gasteiger partial charge on any atom is -0.310 e. The van der Waals surface area contributed by atoms with Crippen molar-refractivity contribution in [3.8, 4) is 22.3 Å². The van der Waals surface area contributed by atoms with Crippen LogP contribution in [0.5, 0.6) is 0 Å². The molecule has 2 spiro atoms. The van der Waals surface area contributed by atoms with Gasteiger partial charge in [-0.05, 0) is 200 Å². The van der Waals surface area contributed by atoms with Crippen LogP contribution in [0.4, 0.5) is 17.1 Å². The third kappa shape index (κ3) is 4.32. The second-order valence-corrected chi connectivity index (χ2v) is 22.7. The predicted octanol–water partition coefficient (Wildman–Crippen LogP) is 14.9. The second-order valence-electron chi connectivity index (χ2n) is 22.7. The van der Waals surface area contributed by atoms with Gasteiger partial charge in [0.1, 0.15) is 0 Å².